The van der Waals surface area contributed by atoms with Gasteiger partial charge >= 0.3 is 0 Å². The van der Waals surface area contributed by atoms with Gasteiger partial charge < -0.3 is 29.7 Å². The zero-order chi connectivity index (χ0) is 30.8. The fourth-order valence-corrected chi connectivity index (χ4v) is 6.03. The van der Waals surface area contributed by atoms with E-state index in [-0.39, 0.29) is 27.5 Å². The van der Waals surface area contributed by atoms with Crippen molar-refractivity contribution >= 4 is 23.2 Å². The number of hydrogen-bond donors (Lipinski definition) is 3. The van der Waals surface area contributed by atoms with Crippen LogP contribution in [0.5, 0.6) is 0 Å². The predicted molar refractivity (Wildman–Crippen MR) is 149 cm³/mol. The Balaban J connectivity index is 1.54. The second-order valence-electron chi connectivity index (χ2n) is 10.4. The fraction of sp³-hybridized carbons (Fsp3) is 0.414. The van der Waals surface area contributed by atoms with E-state index >= 15 is 0 Å². The van der Waals surface area contributed by atoms with E-state index < -0.39 is 60.9 Å². The Bertz CT molecular complexity index is 1590. The Morgan fingerprint density at radius 2 is 2.02 bits per heavy atom. The summed E-state index contributed by atoms with van der Waals surface area (Å²) >= 11 is 6.28. The number of nitriles is 2. The zero-order valence-corrected chi connectivity index (χ0v) is 23.7. The third kappa shape index (κ3) is 5.84. The van der Waals surface area contributed by atoms with Gasteiger partial charge in [-0.25, -0.2) is 9.07 Å². The van der Waals surface area contributed by atoms with Crippen molar-refractivity contribution < 1.29 is 34.0 Å². The van der Waals surface area contributed by atoms with E-state index in [0.29, 0.717) is 24.8 Å². The van der Waals surface area contributed by atoms with Crippen LogP contribution in [-0.2, 0) is 14.3 Å². The minimum absolute atomic E-state index is 0.138. The first-order valence-electron chi connectivity index (χ1n) is 13.5. The predicted octanol–water partition coefficient (Wildman–Crippen LogP) is 2.10. The molecule has 12 nitrogen and oxygen atoms in total. The first kappa shape index (κ1) is 30.5. The highest BCUT2D eigenvalue weighted by Crippen LogP contribution is 2.37. The van der Waals surface area contributed by atoms with Crippen LogP contribution in [0.3, 0.4) is 0 Å². The molecule has 1 aliphatic heterocycles. The van der Waals surface area contributed by atoms with E-state index in [1.807, 2.05) is 6.07 Å². The van der Waals surface area contributed by atoms with Crippen LogP contribution in [0.25, 0.3) is 11.3 Å². The molecule has 1 aliphatic carbocycles. The van der Waals surface area contributed by atoms with Crippen molar-refractivity contribution in [3.8, 4) is 23.4 Å². The summed E-state index contributed by atoms with van der Waals surface area (Å²) in [6, 6.07) is 10.4. The van der Waals surface area contributed by atoms with Gasteiger partial charge in [0, 0.05) is 23.4 Å². The molecule has 3 N–H and O–H groups in total. The molecule has 3 aromatic rings. The molecule has 43 heavy (non-hydrogen) atoms. The summed E-state index contributed by atoms with van der Waals surface area (Å²) in [6.07, 6.45) is -3.09. The van der Waals surface area contributed by atoms with Gasteiger partial charge in [0.2, 0.25) is 0 Å². The van der Waals surface area contributed by atoms with E-state index in [9.17, 15) is 29.8 Å². The standard InChI is InChI=1S/C29H28ClFN6O6/c1-42-27-25(36-13-21(34-35-36)16-5-6-17(12-33)20(31)9-16)26(40)24(14-38)43-28(27)29(41)37(22-3-2-4-23(22)39)19-8-15(11-32)7-18(30)10-19/h5-10,13,22-28,38-40H,2-4,14H2,1H3/t22-,23-,24+,25-,26-,27+,28+/m0/s1. The maximum absolute atomic E-state index is 14.4. The number of aromatic nitrogens is 3. The maximum Gasteiger partial charge on any atom is 0.259 e. The molecule has 2 fully saturated rings. The molecule has 2 aromatic carbocycles. The third-order valence-corrected chi connectivity index (χ3v) is 8.10. The van der Waals surface area contributed by atoms with Crippen LogP contribution in [0.2, 0.25) is 5.02 Å². The largest absolute Gasteiger partial charge is 0.394 e. The highest BCUT2D eigenvalue weighted by Gasteiger charge is 2.52. The summed E-state index contributed by atoms with van der Waals surface area (Å²) in [5, 5.41) is 59.1. The molecule has 2 heterocycles. The van der Waals surface area contributed by atoms with Gasteiger partial charge in [-0.2, -0.15) is 10.5 Å². The molecule has 224 valence electrons. The van der Waals surface area contributed by atoms with Gasteiger partial charge in [-0.3, -0.25) is 4.79 Å². The van der Waals surface area contributed by atoms with Gasteiger partial charge in [0.15, 0.2) is 6.10 Å². The lowest BCUT2D eigenvalue weighted by atomic mass is 9.91. The molecule has 1 saturated carbocycles. The third-order valence-electron chi connectivity index (χ3n) is 7.89. The number of aliphatic hydroxyl groups is 3. The first-order chi connectivity index (χ1) is 20.7. The number of carbonyl (C=O) groups is 1. The molecular weight excluding hydrogens is 583 g/mol. The lowest BCUT2D eigenvalue weighted by Gasteiger charge is -2.45. The number of methoxy groups -OCH3 is 1. The molecule has 1 aromatic heterocycles. The van der Waals surface area contributed by atoms with Crippen LogP contribution >= 0.6 is 11.6 Å². The molecule has 14 heteroatoms. The van der Waals surface area contributed by atoms with Gasteiger partial charge in [-0.05, 0) is 49.6 Å². The van der Waals surface area contributed by atoms with Crippen molar-refractivity contribution in [2.24, 2.45) is 0 Å². The van der Waals surface area contributed by atoms with Gasteiger partial charge in [0.05, 0.1) is 42.1 Å². The number of rotatable bonds is 7. The number of anilines is 1. The van der Waals surface area contributed by atoms with Crippen LogP contribution in [0.15, 0.2) is 42.6 Å². The van der Waals surface area contributed by atoms with Crippen LogP contribution in [0.4, 0.5) is 10.1 Å². The van der Waals surface area contributed by atoms with E-state index in [1.165, 1.54) is 53.2 Å². The molecular formula is C29H28ClFN6O6. The van der Waals surface area contributed by atoms with E-state index in [0.717, 1.165) is 6.07 Å². The molecule has 0 spiro atoms. The van der Waals surface area contributed by atoms with Crippen LogP contribution in [0, 0.1) is 28.5 Å². The van der Waals surface area contributed by atoms with Crippen molar-refractivity contribution in [2.75, 3.05) is 18.6 Å². The number of carbonyl (C=O) groups excluding carboxylic acids is 1. The van der Waals surface area contributed by atoms with Gasteiger partial charge in [-0.1, -0.05) is 22.9 Å². The molecule has 0 bridgehead atoms. The number of benzene rings is 2. The Morgan fingerprint density at radius 1 is 1.23 bits per heavy atom. The molecule has 7 atom stereocenters. The molecule has 0 unspecified atom stereocenters. The highest BCUT2D eigenvalue weighted by molar-refractivity contribution is 6.31. The topological polar surface area (TPSA) is 178 Å². The van der Waals surface area contributed by atoms with Gasteiger partial charge in [-0.15, -0.1) is 5.10 Å². The Hall–Kier alpha value is -3.95. The Kier molecular flexibility index (Phi) is 9.03. The van der Waals surface area contributed by atoms with E-state index in [4.69, 9.17) is 26.3 Å². The summed E-state index contributed by atoms with van der Waals surface area (Å²) in [5.41, 5.74) is 0.879. The summed E-state index contributed by atoms with van der Waals surface area (Å²) in [7, 11) is 1.32. The average molecular weight is 611 g/mol. The molecule has 0 radical (unpaired) electrons. The van der Waals surface area contributed by atoms with Crippen molar-refractivity contribution in [2.45, 2.75) is 61.9 Å². The number of amides is 1. The fourth-order valence-electron chi connectivity index (χ4n) is 5.80. The Labute approximate surface area is 251 Å². The summed E-state index contributed by atoms with van der Waals surface area (Å²) in [6.45, 7) is -0.651. The van der Waals surface area contributed by atoms with Crippen LogP contribution in [-0.4, -0.2) is 86.5 Å². The summed E-state index contributed by atoms with van der Waals surface area (Å²) < 4.78 is 27.2. The second kappa shape index (κ2) is 12.7. The number of nitrogens with zero attached hydrogens (tertiary/aromatic N) is 6. The minimum Gasteiger partial charge on any atom is -0.394 e. The number of aliphatic hydroxyl groups excluding tert-OH is 3. The maximum atomic E-state index is 14.4. The highest BCUT2D eigenvalue weighted by atomic mass is 35.5. The van der Waals surface area contributed by atoms with Crippen molar-refractivity contribution in [3.05, 3.63) is 64.6 Å². The Morgan fingerprint density at radius 3 is 2.65 bits per heavy atom. The molecule has 2 aliphatic rings. The van der Waals surface area contributed by atoms with Gasteiger partial charge in [0.25, 0.3) is 5.91 Å². The summed E-state index contributed by atoms with van der Waals surface area (Å²) in [4.78, 5) is 15.7. The van der Waals surface area contributed by atoms with Crippen molar-refractivity contribution in [3.63, 3.8) is 0 Å². The lowest BCUT2D eigenvalue weighted by Crippen LogP contribution is -2.62. The molecule has 5 rings (SSSR count). The van der Waals surface area contributed by atoms with Gasteiger partial charge in [0.1, 0.15) is 41.9 Å². The number of hydrogen-bond acceptors (Lipinski definition) is 10. The lowest BCUT2D eigenvalue weighted by molar-refractivity contribution is -0.211. The number of halogens is 2. The monoisotopic (exact) mass is 610 g/mol. The minimum atomic E-state index is -1.41. The molecule has 1 saturated heterocycles. The van der Waals surface area contributed by atoms with Crippen molar-refractivity contribution in [1.82, 2.24) is 15.0 Å². The first-order valence-corrected chi connectivity index (χ1v) is 13.9. The quantitative estimate of drug-likeness (QED) is 0.359. The van der Waals surface area contributed by atoms with E-state index in [1.54, 1.807) is 6.07 Å². The van der Waals surface area contributed by atoms with Crippen LogP contribution in [0.1, 0.15) is 36.4 Å². The zero-order valence-electron chi connectivity index (χ0n) is 22.9. The summed E-state index contributed by atoms with van der Waals surface area (Å²) in [5.74, 6) is -1.38. The SMILES string of the molecule is CO[C@@H]1[C@@H](n2cc(-c3ccc(C#N)c(F)c3)nn2)[C@@H](O)[C@@H](CO)O[C@H]1C(=O)N(c1cc(Cl)cc(C#N)c1)[C@H]1CCC[C@@H]1O. The van der Waals surface area contributed by atoms with E-state index in [2.05, 4.69) is 10.3 Å². The van der Waals surface area contributed by atoms with Crippen LogP contribution < -0.4 is 4.90 Å². The smallest absolute Gasteiger partial charge is 0.259 e. The second-order valence-corrected chi connectivity index (χ2v) is 10.9. The van der Waals surface area contributed by atoms with Crippen molar-refractivity contribution in [1.29, 1.82) is 10.5 Å². The number of ether oxygens (including phenoxy) is 2. The normalized spacial score (nSPS) is 26.9. The molecule has 1 amide bonds. The average Bonchev–Trinajstić information content (AvgIpc) is 3.66.